The first kappa shape index (κ1) is 20.2. The summed E-state index contributed by atoms with van der Waals surface area (Å²) in [5.41, 5.74) is 1.31. The van der Waals surface area contributed by atoms with Crippen LogP contribution in [-0.2, 0) is 19.3 Å². The minimum absolute atomic E-state index is 0.0482. The lowest BCUT2D eigenvalue weighted by Gasteiger charge is -2.31. The number of likely N-dealkylation sites (tertiary alicyclic amines) is 1. The average molecular weight is 420 g/mol. The molecule has 158 valence electrons. The minimum Gasteiger partial charge on any atom is -0.416 e. The number of rotatable bonds is 5. The molecule has 8 nitrogen and oxygen atoms in total. The van der Waals surface area contributed by atoms with E-state index in [1.54, 1.807) is 35.4 Å². The van der Waals surface area contributed by atoms with E-state index in [9.17, 15) is 18.0 Å². The molecule has 0 aromatic carbocycles. The molecule has 0 saturated carbocycles. The summed E-state index contributed by atoms with van der Waals surface area (Å²) in [6.07, 6.45) is 1.83. The second-order valence-electron chi connectivity index (χ2n) is 7.22. The fourth-order valence-electron chi connectivity index (χ4n) is 3.47. The molecule has 1 saturated heterocycles. The minimum atomic E-state index is -4.63. The molecule has 0 amide bonds. The van der Waals surface area contributed by atoms with Gasteiger partial charge in [-0.25, -0.2) is 4.98 Å². The van der Waals surface area contributed by atoms with Crippen LogP contribution in [0.2, 0.25) is 0 Å². The fraction of sp³-hybridized carbons (Fsp3) is 0.421. The molecule has 1 fully saturated rings. The molecule has 11 heteroatoms. The van der Waals surface area contributed by atoms with Gasteiger partial charge in [0.2, 0.25) is 5.89 Å². The summed E-state index contributed by atoms with van der Waals surface area (Å²) >= 11 is 0. The molecule has 4 rings (SSSR count). The zero-order chi connectivity index (χ0) is 21.1. The normalized spacial score (nSPS) is 16.1. The molecule has 0 spiro atoms. The second kappa shape index (κ2) is 8.34. The van der Waals surface area contributed by atoms with E-state index in [0.717, 1.165) is 18.4 Å². The van der Waals surface area contributed by atoms with Crippen LogP contribution in [0.1, 0.15) is 24.6 Å². The second-order valence-corrected chi connectivity index (χ2v) is 7.22. The summed E-state index contributed by atoms with van der Waals surface area (Å²) in [5.74, 6) is -1.09. The quantitative estimate of drug-likeness (QED) is 0.627. The van der Waals surface area contributed by atoms with Gasteiger partial charge in [0.05, 0.1) is 18.6 Å². The highest BCUT2D eigenvalue weighted by Gasteiger charge is 2.38. The zero-order valence-corrected chi connectivity index (χ0v) is 15.9. The lowest BCUT2D eigenvalue weighted by molar-refractivity contribution is -0.157. The van der Waals surface area contributed by atoms with Crippen molar-refractivity contribution in [1.29, 1.82) is 0 Å². The predicted molar refractivity (Wildman–Crippen MR) is 99.0 cm³/mol. The maximum Gasteiger partial charge on any atom is 0.470 e. The van der Waals surface area contributed by atoms with Crippen LogP contribution in [0, 0.1) is 5.92 Å². The maximum absolute atomic E-state index is 12.5. The summed E-state index contributed by atoms with van der Waals surface area (Å²) in [7, 11) is 0. The average Bonchev–Trinajstić information content (AvgIpc) is 3.21. The van der Waals surface area contributed by atoms with Gasteiger partial charge < -0.3 is 4.42 Å². The standard InChI is InChI=1S/C19H19F3N6O2/c20-19(21,22)18-26-25-16(30-18)11-27-7-3-13(4-8-27)10-28-12-24-15(9-17(28)29)14-1-5-23-6-2-14/h1-2,5-6,9,12-13H,3-4,7-8,10-11H2. The van der Waals surface area contributed by atoms with Crippen molar-refractivity contribution in [2.24, 2.45) is 5.92 Å². The third-order valence-electron chi connectivity index (χ3n) is 5.09. The number of hydrogen-bond acceptors (Lipinski definition) is 7. The fourth-order valence-corrected chi connectivity index (χ4v) is 3.47. The largest absolute Gasteiger partial charge is 0.470 e. The van der Waals surface area contributed by atoms with Crippen LogP contribution >= 0.6 is 0 Å². The summed E-state index contributed by atoms with van der Waals surface area (Å²) in [4.78, 5) is 22.8. The number of hydrogen-bond donors (Lipinski definition) is 0. The van der Waals surface area contributed by atoms with E-state index in [4.69, 9.17) is 4.42 Å². The van der Waals surface area contributed by atoms with Crippen molar-refractivity contribution in [3.63, 3.8) is 0 Å². The van der Waals surface area contributed by atoms with Gasteiger partial charge in [-0.15, -0.1) is 10.2 Å². The Morgan fingerprint density at radius 1 is 1.13 bits per heavy atom. The van der Waals surface area contributed by atoms with E-state index >= 15 is 0 Å². The highest BCUT2D eigenvalue weighted by Crippen LogP contribution is 2.28. The molecule has 3 aromatic heterocycles. The van der Waals surface area contributed by atoms with E-state index in [2.05, 4.69) is 20.2 Å². The van der Waals surface area contributed by atoms with Gasteiger partial charge in [0.25, 0.3) is 5.56 Å². The predicted octanol–water partition coefficient (Wildman–Crippen LogP) is 2.62. The highest BCUT2D eigenvalue weighted by molar-refractivity contribution is 5.57. The summed E-state index contributed by atoms with van der Waals surface area (Å²) < 4.78 is 43.9. The van der Waals surface area contributed by atoms with Crippen molar-refractivity contribution in [2.75, 3.05) is 13.1 Å². The van der Waals surface area contributed by atoms with E-state index < -0.39 is 12.1 Å². The third kappa shape index (κ3) is 4.73. The van der Waals surface area contributed by atoms with Crippen LogP contribution in [0.4, 0.5) is 13.2 Å². The first-order chi connectivity index (χ1) is 14.4. The molecule has 0 unspecified atom stereocenters. The van der Waals surface area contributed by atoms with Crippen LogP contribution in [-0.4, -0.2) is 42.7 Å². The number of nitrogens with zero attached hydrogens (tertiary/aromatic N) is 6. The Morgan fingerprint density at radius 2 is 1.87 bits per heavy atom. The molecule has 0 radical (unpaired) electrons. The molecule has 1 aliphatic heterocycles. The molecule has 4 heterocycles. The number of pyridine rings is 1. The van der Waals surface area contributed by atoms with Crippen molar-refractivity contribution in [3.8, 4) is 11.3 Å². The monoisotopic (exact) mass is 420 g/mol. The Bertz CT molecular complexity index is 1040. The van der Waals surface area contributed by atoms with Crippen molar-refractivity contribution in [2.45, 2.75) is 32.1 Å². The Balaban J connectivity index is 1.32. The first-order valence-corrected chi connectivity index (χ1v) is 9.47. The third-order valence-corrected chi connectivity index (χ3v) is 5.09. The summed E-state index contributed by atoms with van der Waals surface area (Å²) in [6.45, 7) is 2.07. The van der Waals surface area contributed by atoms with Gasteiger partial charge in [-0.05, 0) is 44.0 Å². The number of piperidine rings is 1. The molecule has 0 aliphatic carbocycles. The van der Waals surface area contributed by atoms with Crippen LogP contribution in [0.3, 0.4) is 0 Å². The Kier molecular flexibility index (Phi) is 5.62. The van der Waals surface area contributed by atoms with Crippen molar-refractivity contribution >= 4 is 0 Å². The van der Waals surface area contributed by atoms with Crippen LogP contribution < -0.4 is 5.56 Å². The van der Waals surface area contributed by atoms with Gasteiger partial charge in [-0.2, -0.15) is 13.2 Å². The molecule has 3 aromatic rings. The van der Waals surface area contributed by atoms with Gasteiger partial charge >= 0.3 is 12.1 Å². The van der Waals surface area contributed by atoms with Crippen LogP contribution in [0.5, 0.6) is 0 Å². The Hall–Kier alpha value is -3.08. The van der Waals surface area contributed by atoms with Gasteiger partial charge in [0.15, 0.2) is 0 Å². The van der Waals surface area contributed by atoms with Crippen LogP contribution in [0.25, 0.3) is 11.3 Å². The molecular weight excluding hydrogens is 401 g/mol. The van der Waals surface area contributed by atoms with Gasteiger partial charge in [-0.3, -0.25) is 19.2 Å². The Labute approximate surface area is 169 Å². The highest BCUT2D eigenvalue weighted by atomic mass is 19.4. The van der Waals surface area contributed by atoms with Crippen molar-refractivity contribution < 1.29 is 17.6 Å². The number of aromatic nitrogens is 5. The van der Waals surface area contributed by atoms with E-state index in [1.165, 1.54) is 6.07 Å². The molecule has 0 atom stereocenters. The van der Waals surface area contributed by atoms with E-state index in [-0.39, 0.29) is 23.9 Å². The molecule has 1 aliphatic rings. The van der Waals surface area contributed by atoms with Gasteiger partial charge in [0, 0.05) is 30.6 Å². The topological polar surface area (TPSA) is 89.9 Å². The zero-order valence-electron chi connectivity index (χ0n) is 15.9. The van der Waals surface area contributed by atoms with Crippen molar-refractivity contribution in [1.82, 2.24) is 29.6 Å². The first-order valence-electron chi connectivity index (χ1n) is 9.47. The SMILES string of the molecule is O=c1cc(-c2ccncc2)ncn1CC1CCN(Cc2nnc(C(F)(F)F)o2)CC1. The van der Waals surface area contributed by atoms with Crippen LogP contribution in [0.15, 0.2) is 46.1 Å². The Morgan fingerprint density at radius 3 is 2.50 bits per heavy atom. The van der Waals surface area contributed by atoms with E-state index in [0.29, 0.717) is 25.3 Å². The molecule has 0 N–H and O–H groups in total. The lowest BCUT2D eigenvalue weighted by atomic mass is 9.96. The van der Waals surface area contributed by atoms with Gasteiger partial charge in [-0.1, -0.05) is 0 Å². The smallest absolute Gasteiger partial charge is 0.416 e. The van der Waals surface area contributed by atoms with Crippen molar-refractivity contribution in [3.05, 3.63) is 59.1 Å². The van der Waals surface area contributed by atoms with Gasteiger partial charge in [0.1, 0.15) is 0 Å². The lowest BCUT2D eigenvalue weighted by Crippen LogP contribution is -2.36. The number of halogens is 3. The molecular formula is C19H19F3N6O2. The maximum atomic E-state index is 12.5. The van der Waals surface area contributed by atoms with E-state index in [1.807, 2.05) is 4.90 Å². The summed E-state index contributed by atoms with van der Waals surface area (Å²) in [6, 6.07) is 5.10. The number of alkyl halides is 3. The summed E-state index contributed by atoms with van der Waals surface area (Å²) in [5, 5.41) is 6.52. The molecule has 0 bridgehead atoms. The molecule has 30 heavy (non-hydrogen) atoms.